The van der Waals surface area contributed by atoms with Crippen molar-refractivity contribution in [1.82, 2.24) is 15.1 Å². The molecule has 164 valence electrons. The topological polar surface area (TPSA) is 101 Å². The second kappa shape index (κ2) is 9.55. The van der Waals surface area contributed by atoms with Crippen molar-refractivity contribution in [2.75, 3.05) is 58.5 Å². The molecule has 10 heteroatoms. The van der Waals surface area contributed by atoms with E-state index < -0.39 is 0 Å². The summed E-state index contributed by atoms with van der Waals surface area (Å²) >= 11 is 0. The molecule has 4 amide bonds. The molecule has 1 aromatic carbocycles. The van der Waals surface area contributed by atoms with E-state index in [1.165, 1.54) is 7.11 Å². The predicted molar refractivity (Wildman–Crippen MR) is 109 cm³/mol. The van der Waals surface area contributed by atoms with Gasteiger partial charge in [-0.15, -0.1) is 0 Å². The summed E-state index contributed by atoms with van der Waals surface area (Å²) in [6.07, 6.45) is -0.132. The summed E-state index contributed by atoms with van der Waals surface area (Å²) in [7, 11) is 3.09. The lowest BCUT2D eigenvalue weighted by atomic mass is 10.2. The number of anilines is 1. The number of hydrogen-bond donors (Lipinski definition) is 1. The zero-order valence-corrected chi connectivity index (χ0v) is 17.6. The van der Waals surface area contributed by atoms with E-state index in [2.05, 4.69) is 5.32 Å². The number of piperazine rings is 1. The second-order valence-electron chi connectivity index (χ2n) is 7.07. The molecule has 3 rings (SSSR count). The van der Waals surface area contributed by atoms with Gasteiger partial charge in [-0.3, -0.25) is 4.79 Å². The molecule has 1 N–H and O–H groups in total. The molecule has 10 nitrogen and oxygen atoms in total. The number of ether oxygens (including phenoxy) is 3. The first-order valence-corrected chi connectivity index (χ1v) is 9.96. The molecule has 0 bridgehead atoms. The molecule has 1 atom stereocenters. The molecule has 30 heavy (non-hydrogen) atoms. The van der Waals surface area contributed by atoms with Gasteiger partial charge in [-0.1, -0.05) is 0 Å². The third-order valence-corrected chi connectivity index (χ3v) is 5.22. The smallest absolute Gasteiger partial charge is 0.409 e. The van der Waals surface area contributed by atoms with Crippen LogP contribution in [0.25, 0.3) is 0 Å². The number of carbonyl (C=O) groups is 3. The quantitative estimate of drug-likeness (QED) is 0.771. The lowest BCUT2D eigenvalue weighted by Crippen LogP contribution is -2.54. The van der Waals surface area contributed by atoms with Crippen LogP contribution in [-0.4, -0.2) is 87.4 Å². The minimum atomic E-state index is -0.357. The molecule has 0 aromatic heterocycles. The molecule has 1 unspecified atom stereocenters. The van der Waals surface area contributed by atoms with Gasteiger partial charge in [0.05, 0.1) is 26.9 Å². The van der Waals surface area contributed by atoms with Crippen LogP contribution in [0.1, 0.15) is 13.3 Å². The molecule has 0 radical (unpaired) electrons. The first kappa shape index (κ1) is 21.5. The molecule has 2 saturated heterocycles. The van der Waals surface area contributed by atoms with Gasteiger partial charge in [-0.25, -0.2) is 9.59 Å². The van der Waals surface area contributed by atoms with Crippen LogP contribution in [0.15, 0.2) is 18.2 Å². The minimum Gasteiger partial charge on any atom is -0.493 e. The van der Waals surface area contributed by atoms with E-state index in [-0.39, 0.29) is 30.5 Å². The van der Waals surface area contributed by atoms with Crippen LogP contribution in [-0.2, 0) is 9.53 Å². The standard InChI is InChI=1S/C20H28N4O6/c1-4-30-20(27)23-9-7-22(8-10-23)19(26)21-14-11-18(25)24(13-14)15-5-6-16(28-2)17(12-15)29-3/h5-6,12,14H,4,7-11,13H2,1-3H3,(H,21,26). The number of rotatable bonds is 5. The van der Waals surface area contributed by atoms with Gasteiger partial charge < -0.3 is 34.2 Å². The fourth-order valence-electron chi connectivity index (χ4n) is 3.62. The number of methoxy groups -OCH3 is 2. The Kier molecular flexibility index (Phi) is 6.86. The zero-order chi connectivity index (χ0) is 21.7. The average Bonchev–Trinajstić information content (AvgIpc) is 3.13. The van der Waals surface area contributed by atoms with Crippen molar-refractivity contribution in [2.24, 2.45) is 0 Å². The number of hydrogen-bond acceptors (Lipinski definition) is 6. The highest BCUT2D eigenvalue weighted by atomic mass is 16.6. The summed E-state index contributed by atoms with van der Waals surface area (Å²) in [6, 6.07) is 4.76. The van der Waals surface area contributed by atoms with Gasteiger partial charge >= 0.3 is 12.1 Å². The van der Waals surface area contributed by atoms with Crippen LogP contribution >= 0.6 is 0 Å². The molecule has 1 aromatic rings. The third-order valence-electron chi connectivity index (χ3n) is 5.22. The largest absolute Gasteiger partial charge is 0.493 e. The van der Waals surface area contributed by atoms with Crippen molar-refractivity contribution in [3.8, 4) is 11.5 Å². The minimum absolute atomic E-state index is 0.0698. The Morgan fingerprint density at radius 1 is 1.07 bits per heavy atom. The zero-order valence-electron chi connectivity index (χ0n) is 17.6. The molecular formula is C20H28N4O6. The number of benzene rings is 1. The second-order valence-corrected chi connectivity index (χ2v) is 7.07. The van der Waals surface area contributed by atoms with Crippen molar-refractivity contribution in [3.05, 3.63) is 18.2 Å². The molecule has 0 saturated carbocycles. The molecule has 0 spiro atoms. The van der Waals surface area contributed by atoms with Crippen molar-refractivity contribution < 1.29 is 28.6 Å². The van der Waals surface area contributed by atoms with Crippen LogP contribution in [0.2, 0.25) is 0 Å². The maximum atomic E-state index is 12.6. The predicted octanol–water partition coefficient (Wildman–Crippen LogP) is 1.29. The first-order valence-electron chi connectivity index (χ1n) is 9.96. The maximum absolute atomic E-state index is 12.6. The number of carbonyl (C=O) groups excluding carboxylic acids is 3. The summed E-state index contributed by atoms with van der Waals surface area (Å²) in [5, 5.41) is 2.93. The van der Waals surface area contributed by atoms with E-state index in [1.54, 1.807) is 46.9 Å². The maximum Gasteiger partial charge on any atom is 0.409 e. The van der Waals surface area contributed by atoms with Crippen molar-refractivity contribution in [3.63, 3.8) is 0 Å². The van der Waals surface area contributed by atoms with E-state index in [1.807, 2.05) is 0 Å². The molecule has 0 aliphatic carbocycles. The summed E-state index contributed by atoms with van der Waals surface area (Å²) in [5.41, 5.74) is 0.692. The van der Waals surface area contributed by atoms with Gasteiger partial charge in [0.15, 0.2) is 11.5 Å². The SMILES string of the molecule is CCOC(=O)N1CCN(C(=O)NC2CC(=O)N(c3ccc(OC)c(OC)c3)C2)CC1. The normalized spacial score (nSPS) is 19.0. The van der Waals surface area contributed by atoms with Gasteiger partial charge in [0, 0.05) is 50.9 Å². The van der Waals surface area contributed by atoms with Crippen molar-refractivity contribution in [2.45, 2.75) is 19.4 Å². The molecular weight excluding hydrogens is 392 g/mol. The van der Waals surface area contributed by atoms with Crippen LogP contribution in [0.4, 0.5) is 15.3 Å². The van der Waals surface area contributed by atoms with Crippen molar-refractivity contribution >= 4 is 23.7 Å². The average molecular weight is 420 g/mol. The van der Waals surface area contributed by atoms with E-state index >= 15 is 0 Å². The Hall–Kier alpha value is -3.17. The van der Waals surface area contributed by atoms with E-state index in [9.17, 15) is 14.4 Å². The molecule has 2 fully saturated rings. The monoisotopic (exact) mass is 420 g/mol. The number of nitrogens with zero attached hydrogens (tertiary/aromatic N) is 3. The Morgan fingerprint density at radius 2 is 1.73 bits per heavy atom. The third kappa shape index (κ3) is 4.69. The Morgan fingerprint density at radius 3 is 2.37 bits per heavy atom. The molecule has 2 heterocycles. The van der Waals surface area contributed by atoms with Gasteiger partial charge in [-0.2, -0.15) is 0 Å². The van der Waals surface area contributed by atoms with Crippen LogP contribution in [0.3, 0.4) is 0 Å². The summed E-state index contributed by atoms with van der Waals surface area (Å²) in [6.45, 7) is 4.15. The van der Waals surface area contributed by atoms with Gasteiger partial charge in [0.2, 0.25) is 5.91 Å². The molecule has 2 aliphatic heterocycles. The van der Waals surface area contributed by atoms with Crippen LogP contribution < -0.4 is 19.7 Å². The van der Waals surface area contributed by atoms with Gasteiger partial charge in [0.1, 0.15) is 0 Å². The Bertz CT molecular complexity index is 794. The Labute approximate surface area is 175 Å². The summed E-state index contributed by atoms with van der Waals surface area (Å²) in [5.74, 6) is 1.05. The van der Waals surface area contributed by atoms with Crippen LogP contribution in [0.5, 0.6) is 11.5 Å². The van der Waals surface area contributed by atoms with Crippen molar-refractivity contribution in [1.29, 1.82) is 0 Å². The lowest BCUT2D eigenvalue weighted by molar-refractivity contribution is -0.117. The van der Waals surface area contributed by atoms with E-state index in [4.69, 9.17) is 14.2 Å². The highest BCUT2D eigenvalue weighted by Crippen LogP contribution is 2.33. The van der Waals surface area contributed by atoms with Gasteiger partial charge in [0.25, 0.3) is 0 Å². The summed E-state index contributed by atoms with van der Waals surface area (Å²) in [4.78, 5) is 41.8. The lowest BCUT2D eigenvalue weighted by Gasteiger charge is -2.34. The Balaban J connectivity index is 1.55. The highest BCUT2D eigenvalue weighted by molar-refractivity contribution is 5.97. The van der Waals surface area contributed by atoms with E-state index in [0.717, 1.165) is 0 Å². The fraction of sp³-hybridized carbons (Fsp3) is 0.550. The fourth-order valence-corrected chi connectivity index (χ4v) is 3.62. The number of urea groups is 1. The van der Waals surface area contributed by atoms with E-state index in [0.29, 0.717) is 56.5 Å². The highest BCUT2D eigenvalue weighted by Gasteiger charge is 2.34. The van der Waals surface area contributed by atoms with Crippen LogP contribution in [0, 0.1) is 0 Å². The number of amides is 4. The van der Waals surface area contributed by atoms with Gasteiger partial charge in [-0.05, 0) is 19.1 Å². The number of nitrogens with one attached hydrogen (secondary N) is 1. The molecule has 2 aliphatic rings. The first-order chi connectivity index (χ1) is 14.5. The summed E-state index contributed by atoms with van der Waals surface area (Å²) < 4.78 is 15.5.